The summed E-state index contributed by atoms with van der Waals surface area (Å²) in [5.74, 6) is 0. The van der Waals surface area contributed by atoms with Crippen LogP contribution in [0.1, 0.15) is 39.5 Å². The molecule has 1 rings (SSSR count). The number of nitrogens with zero attached hydrogens (tertiary/aromatic N) is 1. The average Bonchev–Trinajstić information content (AvgIpc) is 2.20. The number of hydrogen-bond acceptors (Lipinski definition) is 2. The molecule has 1 heterocycles. The zero-order valence-electron chi connectivity index (χ0n) is 9.25. The van der Waals surface area contributed by atoms with Crippen molar-refractivity contribution in [3.63, 3.8) is 0 Å². The van der Waals surface area contributed by atoms with Crippen LogP contribution in [0, 0.1) is 0 Å². The third kappa shape index (κ3) is 2.96. The van der Waals surface area contributed by atoms with Crippen LogP contribution in [0.25, 0.3) is 0 Å². The Morgan fingerprint density at radius 1 is 1.23 bits per heavy atom. The predicted molar refractivity (Wildman–Crippen MR) is 56.0 cm³/mol. The second-order valence-corrected chi connectivity index (χ2v) is 4.01. The Morgan fingerprint density at radius 3 is 2.31 bits per heavy atom. The lowest BCUT2D eigenvalue weighted by atomic mass is 10.0. The molecule has 1 aliphatic heterocycles. The number of piperidine rings is 1. The van der Waals surface area contributed by atoms with Crippen LogP contribution in [0.2, 0.25) is 0 Å². The van der Waals surface area contributed by atoms with Gasteiger partial charge >= 0.3 is 0 Å². The third-order valence-electron chi connectivity index (χ3n) is 3.19. The molecule has 1 saturated heterocycles. The molecule has 0 aromatic carbocycles. The van der Waals surface area contributed by atoms with E-state index in [0.29, 0.717) is 12.1 Å². The molecule has 0 saturated carbocycles. The summed E-state index contributed by atoms with van der Waals surface area (Å²) in [4.78, 5) is 2.59. The normalized spacial score (nSPS) is 24.2. The summed E-state index contributed by atoms with van der Waals surface area (Å²) >= 11 is 0. The van der Waals surface area contributed by atoms with Crippen molar-refractivity contribution in [3.05, 3.63) is 0 Å². The third-order valence-corrected chi connectivity index (χ3v) is 3.19. The second kappa shape index (κ2) is 5.61. The molecule has 0 aromatic rings. The van der Waals surface area contributed by atoms with Gasteiger partial charge in [-0.05, 0) is 39.3 Å². The van der Waals surface area contributed by atoms with Crippen molar-refractivity contribution >= 4 is 0 Å². The van der Waals surface area contributed by atoms with Crippen molar-refractivity contribution in [2.24, 2.45) is 0 Å². The summed E-state index contributed by atoms with van der Waals surface area (Å²) in [6.45, 7) is 6.98. The Balaban J connectivity index is 2.43. The van der Waals surface area contributed by atoms with Crippen molar-refractivity contribution < 1.29 is 4.74 Å². The van der Waals surface area contributed by atoms with Gasteiger partial charge in [0.1, 0.15) is 0 Å². The highest BCUT2D eigenvalue weighted by molar-refractivity contribution is 4.78. The number of likely N-dealkylation sites (tertiary alicyclic amines) is 1. The Morgan fingerprint density at radius 2 is 1.85 bits per heavy atom. The van der Waals surface area contributed by atoms with Gasteiger partial charge in [0.15, 0.2) is 0 Å². The van der Waals surface area contributed by atoms with E-state index in [-0.39, 0.29) is 0 Å². The molecule has 13 heavy (non-hydrogen) atoms. The minimum Gasteiger partial charge on any atom is -0.380 e. The highest BCUT2D eigenvalue weighted by atomic mass is 16.5. The SMILES string of the molecule is CCC(C(C)OC)N1CCCCC1. The maximum atomic E-state index is 5.41. The smallest absolute Gasteiger partial charge is 0.0698 e. The second-order valence-electron chi connectivity index (χ2n) is 4.01. The van der Waals surface area contributed by atoms with Crippen LogP contribution in [0.5, 0.6) is 0 Å². The molecule has 0 aromatic heterocycles. The number of ether oxygens (including phenoxy) is 1. The van der Waals surface area contributed by atoms with Crippen LogP contribution in [0.4, 0.5) is 0 Å². The van der Waals surface area contributed by atoms with Gasteiger partial charge in [-0.3, -0.25) is 4.90 Å². The van der Waals surface area contributed by atoms with Crippen LogP contribution in [-0.2, 0) is 4.74 Å². The summed E-state index contributed by atoms with van der Waals surface area (Å²) in [7, 11) is 1.82. The molecule has 0 spiro atoms. The molecule has 2 heteroatoms. The Bertz CT molecular complexity index is 132. The molecule has 2 atom stereocenters. The van der Waals surface area contributed by atoms with Crippen LogP contribution in [-0.4, -0.2) is 37.2 Å². The van der Waals surface area contributed by atoms with Crippen LogP contribution < -0.4 is 0 Å². The van der Waals surface area contributed by atoms with E-state index in [9.17, 15) is 0 Å². The molecular weight excluding hydrogens is 162 g/mol. The van der Waals surface area contributed by atoms with E-state index >= 15 is 0 Å². The molecule has 78 valence electrons. The van der Waals surface area contributed by atoms with Gasteiger partial charge in [-0.15, -0.1) is 0 Å². The van der Waals surface area contributed by atoms with Gasteiger partial charge in [0.05, 0.1) is 6.10 Å². The lowest BCUT2D eigenvalue weighted by molar-refractivity contribution is 0.0157. The topological polar surface area (TPSA) is 12.5 Å². The summed E-state index contributed by atoms with van der Waals surface area (Å²) in [5, 5.41) is 0. The van der Waals surface area contributed by atoms with Gasteiger partial charge in [0.25, 0.3) is 0 Å². The lowest BCUT2D eigenvalue weighted by Gasteiger charge is -2.36. The quantitative estimate of drug-likeness (QED) is 0.666. The van der Waals surface area contributed by atoms with Gasteiger partial charge in [0.2, 0.25) is 0 Å². The van der Waals surface area contributed by atoms with E-state index in [1.807, 2.05) is 7.11 Å². The van der Waals surface area contributed by atoms with E-state index < -0.39 is 0 Å². The first-order valence-corrected chi connectivity index (χ1v) is 5.56. The number of rotatable bonds is 4. The van der Waals surface area contributed by atoms with E-state index in [2.05, 4.69) is 18.7 Å². The molecule has 0 radical (unpaired) electrons. The summed E-state index contributed by atoms with van der Waals surface area (Å²) < 4.78 is 5.41. The van der Waals surface area contributed by atoms with Crippen LogP contribution in [0.15, 0.2) is 0 Å². The highest BCUT2D eigenvalue weighted by Gasteiger charge is 2.23. The molecule has 2 unspecified atom stereocenters. The zero-order valence-corrected chi connectivity index (χ0v) is 9.25. The lowest BCUT2D eigenvalue weighted by Crippen LogP contribution is -2.45. The predicted octanol–water partition coefficient (Wildman–Crippen LogP) is 2.29. The van der Waals surface area contributed by atoms with Gasteiger partial charge in [-0.2, -0.15) is 0 Å². The Kier molecular flexibility index (Phi) is 4.74. The molecule has 1 fully saturated rings. The highest BCUT2D eigenvalue weighted by Crippen LogP contribution is 2.17. The molecule has 0 amide bonds. The van der Waals surface area contributed by atoms with Crippen molar-refractivity contribution in [2.45, 2.75) is 51.7 Å². The molecule has 0 bridgehead atoms. The molecule has 2 nitrogen and oxygen atoms in total. The van der Waals surface area contributed by atoms with Crippen molar-refractivity contribution in [3.8, 4) is 0 Å². The first-order chi connectivity index (χ1) is 6.29. The largest absolute Gasteiger partial charge is 0.380 e. The van der Waals surface area contributed by atoms with Gasteiger partial charge < -0.3 is 4.74 Å². The average molecular weight is 185 g/mol. The first-order valence-electron chi connectivity index (χ1n) is 5.56. The summed E-state index contributed by atoms with van der Waals surface area (Å²) in [5.41, 5.74) is 0. The molecule has 1 aliphatic rings. The van der Waals surface area contributed by atoms with Crippen molar-refractivity contribution in [1.82, 2.24) is 4.90 Å². The summed E-state index contributed by atoms with van der Waals surface area (Å²) in [6.07, 6.45) is 5.73. The Labute approximate surface area is 82.3 Å². The van der Waals surface area contributed by atoms with Crippen LogP contribution in [0.3, 0.4) is 0 Å². The monoisotopic (exact) mass is 185 g/mol. The van der Waals surface area contributed by atoms with Gasteiger partial charge in [-0.1, -0.05) is 13.3 Å². The minimum absolute atomic E-state index is 0.378. The number of hydrogen-bond donors (Lipinski definition) is 0. The standard InChI is InChI=1S/C11H23NO/c1-4-11(10(2)13-3)12-8-6-5-7-9-12/h10-11H,4-9H2,1-3H3. The first kappa shape index (κ1) is 11.0. The van der Waals surface area contributed by atoms with Crippen molar-refractivity contribution in [1.29, 1.82) is 0 Å². The fourth-order valence-corrected chi connectivity index (χ4v) is 2.29. The fourth-order valence-electron chi connectivity index (χ4n) is 2.29. The molecular formula is C11H23NO. The van der Waals surface area contributed by atoms with E-state index in [1.165, 1.54) is 38.8 Å². The van der Waals surface area contributed by atoms with Gasteiger partial charge in [0, 0.05) is 13.2 Å². The van der Waals surface area contributed by atoms with E-state index in [0.717, 1.165) is 0 Å². The van der Waals surface area contributed by atoms with Gasteiger partial charge in [-0.25, -0.2) is 0 Å². The number of methoxy groups -OCH3 is 1. The zero-order chi connectivity index (χ0) is 9.68. The maximum Gasteiger partial charge on any atom is 0.0698 e. The van der Waals surface area contributed by atoms with Crippen LogP contribution >= 0.6 is 0 Å². The van der Waals surface area contributed by atoms with E-state index in [4.69, 9.17) is 4.74 Å². The summed E-state index contributed by atoms with van der Waals surface area (Å²) in [6, 6.07) is 0.630. The fraction of sp³-hybridized carbons (Fsp3) is 1.00. The van der Waals surface area contributed by atoms with Crippen molar-refractivity contribution in [2.75, 3.05) is 20.2 Å². The van der Waals surface area contributed by atoms with E-state index in [1.54, 1.807) is 0 Å². The maximum absolute atomic E-state index is 5.41. The molecule has 0 N–H and O–H groups in total. The minimum atomic E-state index is 0.378. The molecule has 0 aliphatic carbocycles. The Hall–Kier alpha value is -0.0800.